The third-order valence-electron chi connectivity index (χ3n) is 4.03. The molecule has 0 aliphatic carbocycles. The average Bonchev–Trinajstić information content (AvgIpc) is 2.78. The molecule has 0 unspecified atom stereocenters. The summed E-state index contributed by atoms with van der Waals surface area (Å²) in [6.07, 6.45) is 0. The van der Waals surface area contributed by atoms with Crippen molar-refractivity contribution < 1.29 is 4.79 Å². The highest BCUT2D eigenvalue weighted by atomic mass is 16.2. The zero-order valence-electron chi connectivity index (χ0n) is 11.4. The Hall–Kier alpha value is -2.81. The highest BCUT2D eigenvalue weighted by molar-refractivity contribution is 6.24. The molecule has 0 atom stereocenters. The quantitative estimate of drug-likeness (QED) is 0.726. The Balaban J connectivity index is 1.85. The zero-order valence-corrected chi connectivity index (χ0v) is 11.4. The second-order valence-corrected chi connectivity index (χ2v) is 5.27. The zero-order chi connectivity index (χ0) is 14.4. The van der Waals surface area contributed by atoms with Gasteiger partial charge in [0.15, 0.2) is 0 Å². The standard InChI is InChI=1S/C18H14N2O/c19-15-9-2-1-5-13(15)11-20-16-10-4-7-12-6-3-8-14(17(12)16)18(20)21/h1-10H,11,19H2. The number of carbonyl (C=O) groups is 1. The van der Waals surface area contributed by atoms with E-state index in [0.717, 1.165) is 27.6 Å². The van der Waals surface area contributed by atoms with Crippen LogP contribution in [0.4, 0.5) is 11.4 Å². The van der Waals surface area contributed by atoms with Gasteiger partial charge >= 0.3 is 0 Å². The first-order chi connectivity index (χ1) is 10.3. The topological polar surface area (TPSA) is 46.3 Å². The number of rotatable bonds is 2. The molecule has 0 fully saturated rings. The van der Waals surface area contributed by atoms with Crippen molar-refractivity contribution in [1.29, 1.82) is 0 Å². The largest absolute Gasteiger partial charge is 0.398 e. The van der Waals surface area contributed by atoms with E-state index in [1.165, 1.54) is 0 Å². The molecule has 3 nitrogen and oxygen atoms in total. The lowest BCUT2D eigenvalue weighted by molar-refractivity contribution is 0.0991. The summed E-state index contributed by atoms with van der Waals surface area (Å²) >= 11 is 0. The lowest BCUT2D eigenvalue weighted by Gasteiger charge is -2.18. The molecule has 4 rings (SSSR count). The van der Waals surface area contributed by atoms with Crippen molar-refractivity contribution in [3.05, 3.63) is 71.8 Å². The molecule has 2 N–H and O–H groups in total. The predicted molar refractivity (Wildman–Crippen MR) is 85.3 cm³/mol. The first-order valence-corrected chi connectivity index (χ1v) is 6.93. The first kappa shape index (κ1) is 12.0. The van der Waals surface area contributed by atoms with Crippen LogP contribution in [0.25, 0.3) is 10.8 Å². The highest BCUT2D eigenvalue weighted by Crippen LogP contribution is 2.38. The Labute approximate surface area is 122 Å². The Bertz CT molecular complexity index is 865. The van der Waals surface area contributed by atoms with Crippen LogP contribution in [0, 0.1) is 0 Å². The van der Waals surface area contributed by atoms with Gasteiger partial charge in [0.2, 0.25) is 0 Å². The van der Waals surface area contributed by atoms with Gasteiger partial charge in [0.1, 0.15) is 0 Å². The molecule has 3 heteroatoms. The number of hydrogen-bond acceptors (Lipinski definition) is 2. The highest BCUT2D eigenvalue weighted by Gasteiger charge is 2.29. The molecule has 3 aromatic rings. The monoisotopic (exact) mass is 274 g/mol. The van der Waals surface area contributed by atoms with Gasteiger partial charge in [0.25, 0.3) is 5.91 Å². The summed E-state index contributed by atoms with van der Waals surface area (Å²) in [5, 5.41) is 2.14. The summed E-state index contributed by atoms with van der Waals surface area (Å²) in [4.78, 5) is 14.5. The molecule has 0 spiro atoms. The Morgan fingerprint density at radius 3 is 2.48 bits per heavy atom. The average molecular weight is 274 g/mol. The molecule has 21 heavy (non-hydrogen) atoms. The maximum absolute atomic E-state index is 12.7. The van der Waals surface area contributed by atoms with E-state index in [-0.39, 0.29) is 5.91 Å². The lowest BCUT2D eigenvalue weighted by atomic mass is 10.1. The van der Waals surface area contributed by atoms with Crippen molar-refractivity contribution >= 4 is 28.1 Å². The fraction of sp³-hybridized carbons (Fsp3) is 0.0556. The van der Waals surface area contributed by atoms with E-state index < -0.39 is 0 Å². The minimum Gasteiger partial charge on any atom is -0.398 e. The fourth-order valence-electron chi connectivity index (χ4n) is 2.98. The van der Waals surface area contributed by atoms with E-state index in [1.54, 1.807) is 0 Å². The number of nitrogen functional groups attached to an aromatic ring is 1. The third kappa shape index (κ3) is 1.71. The molecule has 1 amide bonds. The maximum Gasteiger partial charge on any atom is 0.259 e. The molecule has 0 saturated heterocycles. The number of nitrogens with two attached hydrogens (primary N) is 1. The van der Waals surface area contributed by atoms with Crippen LogP contribution < -0.4 is 10.6 Å². The van der Waals surface area contributed by atoms with Crippen LogP contribution in [-0.4, -0.2) is 5.91 Å². The van der Waals surface area contributed by atoms with E-state index in [0.29, 0.717) is 12.2 Å². The van der Waals surface area contributed by atoms with Crippen LogP contribution in [0.15, 0.2) is 60.7 Å². The summed E-state index contributed by atoms with van der Waals surface area (Å²) < 4.78 is 0. The lowest BCUT2D eigenvalue weighted by Crippen LogP contribution is -2.26. The van der Waals surface area contributed by atoms with Gasteiger partial charge < -0.3 is 10.6 Å². The molecule has 0 bridgehead atoms. The molecule has 1 aliphatic rings. The van der Waals surface area contributed by atoms with Crippen molar-refractivity contribution in [2.75, 3.05) is 10.6 Å². The number of nitrogens with zero attached hydrogens (tertiary/aromatic N) is 1. The second kappa shape index (κ2) is 4.35. The summed E-state index contributed by atoms with van der Waals surface area (Å²) in [6.45, 7) is 0.499. The van der Waals surface area contributed by atoms with Crippen LogP contribution in [-0.2, 0) is 6.54 Å². The minimum absolute atomic E-state index is 0.0463. The van der Waals surface area contributed by atoms with Gasteiger partial charge in [0.05, 0.1) is 12.2 Å². The van der Waals surface area contributed by atoms with E-state index in [1.807, 2.05) is 65.6 Å². The van der Waals surface area contributed by atoms with E-state index in [9.17, 15) is 4.79 Å². The smallest absolute Gasteiger partial charge is 0.259 e. The third-order valence-corrected chi connectivity index (χ3v) is 4.03. The van der Waals surface area contributed by atoms with E-state index in [2.05, 4.69) is 0 Å². The number of amides is 1. The van der Waals surface area contributed by atoms with Gasteiger partial charge in [-0.25, -0.2) is 0 Å². The van der Waals surface area contributed by atoms with Crippen molar-refractivity contribution in [1.82, 2.24) is 0 Å². The molecular weight excluding hydrogens is 260 g/mol. The molecule has 1 aliphatic heterocycles. The van der Waals surface area contributed by atoms with Crippen LogP contribution in [0.3, 0.4) is 0 Å². The summed E-state index contributed by atoms with van der Waals surface area (Å²) in [5.41, 5.74) is 9.44. The molecule has 3 aromatic carbocycles. The summed E-state index contributed by atoms with van der Waals surface area (Å²) in [5.74, 6) is 0.0463. The van der Waals surface area contributed by atoms with E-state index in [4.69, 9.17) is 5.73 Å². The number of para-hydroxylation sites is 1. The van der Waals surface area contributed by atoms with Crippen molar-refractivity contribution in [2.45, 2.75) is 6.54 Å². The van der Waals surface area contributed by atoms with Crippen LogP contribution in [0.5, 0.6) is 0 Å². The molecular formula is C18H14N2O. The SMILES string of the molecule is Nc1ccccc1CN1C(=O)c2cccc3cccc1c23. The Morgan fingerprint density at radius 1 is 0.905 bits per heavy atom. The second-order valence-electron chi connectivity index (χ2n) is 5.27. The predicted octanol–water partition coefficient (Wildman–Crippen LogP) is 3.58. The van der Waals surface area contributed by atoms with Crippen molar-refractivity contribution in [2.24, 2.45) is 0 Å². The Kier molecular flexibility index (Phi) is 2.48. The summed E-state index contributed by atoms with van der Waals surface area (Å²) in [7, 11) is 0. The molecule has 102 valence electrons. The molecule has 0 saturated carbocycles. The minimum atomic E-state index is 0.0463. The van der Waals surface area contributed by atoms with Crippen LogP contribution in [0.1, 0.15) is 15.9 Å². The number of benzene rings is 3. The van der Waals surface area contributed by atoms with Gasteiger partial charge in [-0.3, -0.25) is 4.79 Å². The van der Waals surface area contributed by atoms with Gasteiger partial charge in [-0.1, -0.05) is 42.5 Å². The summed E-state index contributed by atoms with van der Waals surface area (Å²) in [6, 6.07) is 19.6. The van der Waals surface area contributed by atoms with Crippen molar-refractivity contribution in [3.8, 4) is 0 Å². The maximum atomic E-state index is 12.7. The molecule has 0 aromatic heterocycles. The number of carbonyl (C=O) groups excluding carboxylic acids is 1. The molecule has 0 radical (unpaired) electrons. The Morgan fingerprint density at radius 2 is 1.67 bits per heavy atom. The van der Waals surface area contributed by atoms with Gasteiger partial charge in [-0.2, -0.15) is 0 Å². The first-order valence-electron chi connectivity index (χ1n) is 6.93. The number of hydrogen-bond donors (Lipinski definition) is 1. The van der Waals surface area contributed by atoms with Crippen LogP contribution in [0.2, 0.25) is 0 Å². The van der Waals surface area contributed by atoms with Gasteiger partial charge in [-0.05, 0) is 29.1 Å². The fourth-order valence-corrected chi connectivity index (χ4v) is 2.98. The van der Waals surface area contributed by atoms with Gasteiger partial charge in [0, 0.05) is 16.6 Å². The van der Waals surface area contributed by atoms with E-state index >= 15 is 0 Å². The normalized spacial score (nSPS) is 13.1. The van der Waals surface area contributed by atoms with Crippen LogP contribution >= 0.6 is 0 Å². The molecule has 1 heterocycles. The number of anilines is 2. The van der Waals surface area contributed by atoms with Gasteiger partial charge in [-0.15, -0.1) is 0 Å². The van der Waals surface area contributed by atoms with Crippen molar-refractivity contribution in [3.63, 3.8) is 0 Å².